The highest BCUT2D eigenvalue weighted by atomic mass is 28.3. The molecule has 29 heavy (non-hydrogen) atoms. The maximum Gasteiger partial charge on any atom is 0.315 e. The third-order valence-electron chi connectivity index (χ3n) is 5.61. The van der Waals surface area contributed by atoms with Crippen molar-refractivity contribution in [3.8, 4) is 0 Å². The molecule has 1 atom stereocenters. The summed E-state index contributed by atoms with van der Waals surface area (Å²) in [6.07, 6.45) is 0.927. The molecular weight excluding hydrogens is 372 g/mol. The predicted octanol–water partition coefficient (Wildman–Crippen LogP) is 4.81. The fraction of sp³-hybridized carbons (Fsp3) is 0.240. The van der Waals surface area contributed by atoms with Crippen LogP contribution in [-0.4, -0.2) is 20.6 Å². The third kappa shape index (κ3) is 5.81. The first-order valence-corrected chi connectivity index (χ1v) is 13.3. The number of hydrogen-bond donors (Lipinski definition) is 2. The zero-order valence-corrected chi connectivity index (χ0v) is 18.3. The molecule has 3 rings (SSSR count). The van der Waals surface area contributed by atoms with Gasteiger partial charge in [0.2, 0.25) is 0 Å². The van der Waals surface area contributed by atoms with Crippen molar-refractivity contribution in [1.82, 2.24) is 10.6 Å². The van der Waals surface area contributed by atoms with Gasteiger partial charge in [-0.25, -0.2) is 4.79 Å². The summed E-state index contributed by atoms with van der Waals surface area (Å²) in [7, 11) is -1.76. The van der Waals surface area contributed by atoms with Gasteiger partial charge >= 0.3 is 6.03 Å². The standard InChI is InChI=1S/C25H30N2OSi/c1-29(2,23-16-10-5-11-17-23)24(22-14-8-4-9-15-22)18-19-26-25(28)27-20-21-12-6-3-7-13-21/h3-17,24H,18-20H2,1-2H3,(H2,26,27,28). The van der Waals surface area contributed by atoms with E-state index in [0.29, 0.717) is 18.6 Å². The van der Waals surface area contributed by atoms with Gasteiger partial charge in [-0.3, -0.25) is 0 Å². The molecule has 0 aliphatic heterocycles. The first-order chi connectivity index (χ1) is 14.1. The first kappa shape index (κ1) is 20.9. The minimum Gasteiger partial charge on any atom is -0.338 e. The number of benzene rings is 3. The second kappa shape index (κ2) is 10.1. The molecule has 4 heteroatoms. The van der Waals surface area contributed by atoms with E-state index in [4.69, 9.17) is 0 Å². The maximum atomic E-state index is 12.2. The number of nitrogens with one attached hydrogen (secondary N) is 2. The molecule has 2 amide bonds. The van der Waals surface area contributed by atoms with Crippen LogP contribution in [0.4, 0.5) is 4.79 Å². The highest BCUT2D eigenvalue weighted by molar-refractivity contribution is 6.90. The van der Waals surface area contributed by atoms with E-state index in [2.05, 4.69) is 84.4 Å². The number of rotatable bonds is 8. The largest absolute Gasteiger partial charge is 0.338 e. The Morgan fingerprint density at radius 3 is 1.97 bits per heavy atom. The molecule has 1 unspecified atom stereocenters. The van der Waals surface area contributed by atoms with E-state index in [9.17, 15) is 4.79 Å². The lowest BCUT2D eigenvalue weighted by molar-refractivity contribution is 0.240. The Labute approximate surface area is 175 Å². The second-order valence-corrected chi connectivity index (χ2v) is 12.7. The lowest BCUT2D eigenvalue weighted by Gasteiger charge is -2.34. The van der Waals surface area contributed by atoms with Crippen molar-refractivity contribution in [1.29, 1.82) is 0 Å². The van der Waals surface area contributed by atoms with Crippen LogP contribution in [-0.2, 0) is 6.54 Å². The Morgan fingerprint density at radius 1 is 0.793 bits per heavy atom. The van der Waals surface area contributed by atoms with Crippen LogP contribution in [0.3, 0.4) is 0 Å². The number of hydrogen-bond acceptors (Lipinski definition) is 1. The number of amides is 2. The van der Waals surface area contributed by atoms with E-state index in [0.717, 1.165) is 12.0 Å². The van der Waals surface area contributed by atoms with Crippen LogP contribution in [0.5, 0.6) is 0 Å². The quantitative estimate of drug-likeness (QED) is 0.521. The van der Waals surface area contributed by atoms with Crippen molar-refractivity contribution in [2.45, 2.75) is 31.6 Å². The number of carbonyl (C=O) groups is 1. The smallest absolute Gasteiger partial charge is 0.315 e. The van der Waals surface area contributed by atoms with Gasteiger partial charge in [0.15, 0.2) is 0 Å². The molecule has 0 heterocycles. The van der Waals surface area contributed by atoms with Crippen molar-refractivity contribution in [3.05, 3.63) is 102 Å². The van der Waals surface area contributed by atoms with Crippen LogP contribution in [0.2, 0.25) is 13.1 Å². The van der Waals surface area contributed by atoms with E-state index >= 15 is 0 Å². The Morgan fingerprint density at radius 2 is 1.34 bits per heavy atom. The van der Waals surface area contributed by atoms with Crippen molar-refractivity contribution >= 4 is 19.3 Å². The van der Waals surface area contributed by atoms with E-state index in [1.165, 1.54) is 10.8 Å². The fourth-order valence-electron chi connectivity index (χ4n) is 3.87. The third-order valence-corrected chi connectivity index (χ3v) is 9.79. The van der Waals surface area contributed by atoms with Gasteiger partial charge in [-0.15, -0.1) is 0 Å². The molecule has 0 aromatic heterocycles. The van der Waals surface area contributed by atoms with Crippen LogP contribution in [0.25, 0.3) is 0 Å². The van der Waals surface area contributed by atoms with Crippen LogP contribution >= 0.6 is 0 Å². The molecule has 0 spiro atoms. The molecule has 150 valence electrons. The van der Waals surface area contributed by atoms with E-state index in [1.54, 1.807) is 0 Å². The summed E-state index contributed by atoms with van der Waals surface area (Å²) in [6.45, 7) is 6.05. The number of carbonyl (C=O) groups excluding carboxylic acids is 1. The van der Waals surface area contributed by atoms with Gasteiger partial charge in [0.1, 0.15) is 0 Å². The van der Waals surface area contributed by atoms with Crippen molar-refractivity contribution < 1.29 is 4.79 Å². The van der Waals surface area contributed by atoms with Crippen molar-refractivity contribution in [2.24, 2.45) is 0 Å². The predicted molar refractivity (Wildman–Crippen MR) is 124 cm³/mol. The van der Waals surface area contributed by atoms with Gasteiger partial charge in [0, 0.05) is 13.1 Å². The summed E-state index contributed by atoms with van der Waals surface area (Å²) in [5.41, 5.74) is 2.89. The normalized spacial score (nSPS) is 12.2. The summed E-state index contributed by atoms with van der Waals surface area (Å²) < 4.78 is 0. The monoisotopic (exact) mass is 402 g/mol. The lowest BCUT2D eigenvalue weighted by Crippen LogP contribution is -2.49. The first-order valence-electron chi connectivity index (χ1n) is 10.2. The SMILES string of the molecule is C[Si](C)(c1ccccc1)C(CCNC(=O)NCc1ccccc1)c1ccccc1. The molecule has 3 aromatic carbocycles. The Bertz CT molecular complexity index is 882. The summed E-state index contributed by atoms with van der Waals surface area (Å²) in [4.78, 5) is 12.2. The topological polar surface area (TPSA) is 41.1 Å². The van der Waals surface area contributed by atoms with Gasteiger partial charge in [-0.05, 0) is 23.1 Å². The van der Waals surface area contributed by atoms with Crippen LogP contribution in [0.1, 0.15) is 23.1 Å². The molecule has 0 bridgehead atoms. The second-order valence-electron chi connectivity index (χ2n) is 7.93. The zero-order valence-electron chi connectivity index (χ0n) is 17.3. The van der Waals surface area contributed by atoms with E-state index in [-0.39, 0.29) is 6.03 Å². The van der Waals surface area contributed by atoms with E-state index in [1.807, 2.05) is 30.3 Å². The molecule has 3 aromatic rings. The average molecular weight is 403 g/mol. The highest BCUT2D eigenvalue weighted by Gasteiger charge is 2.34. The summed E-state index contributed by atoms with van der Waals surface area (Å²) >= 11 is 0. The van der Waals surface area contributed by atoms with Gasteiger partial charge in [-0.2, -0.15) is 0 Å². The fourth-order valence-corrected chi connectivity index (χ4v) is 7.21. The van der Waals surface area contributed by atoms with Crippen LogP contribution in [0.15, 0.2) is 91.0 Å². The lowest BCUT2D eigenvalue weighted by atomic mass is 10.1. The molecule has 0 aliphatic carbocycles. The molecule has 3 nitrogen and oxygen atoms in total. The summed E-state index contributed by atoms with van der Waals surface area (Å²) in [5.74, 6) is 0. The maximum absolute atomic E-state index is 12.2. The Balaban J connectivity index is 1.63. The van der Waals surface area contributed by atoms with Gasteiger partial charge < -0.3 is 10.6 Å². The average Bonchev–Trinajstić information content (AvgIpc) is 2.77. The number of urea groups is 1. The van der Waals surface area contributed by atoms with E-state index < -0.39 is 8.07 Å². The van der Waals surface area contributed by atoms with Gasteiger partial charge in [0.05, 0.1) is 8.07 Å². The zero-order chi connectivity index (χ0) is 20.5. The van der Waals surface area contributed by atoms with Gasteiger partial charge in [-0.1, -0.05) is 109 Å². The molecule has 2 N–H and O–H groups in total. The summed E-state index contributed by atoms with van der Waals surface area (Å²) in [5, 5.41) is 7.44. The Hall–Kier alpha value is -2.85. The van der Waals surface area contributed by atoms with Crippen LogP contribution < -0.4 is 15.8 Å². The highest BCUT2D eigenvalue weighted by Crippen LogP contribution is 2.30. The molecule has 0 fully saturated rings. The molecule has 0 saturated carbocycles. The van der Waals surface area contributed by atoms with Crippen molar-refractivity contribution in [2.75, 3.05) is 6.54 Å². The minimum atomic E-state index is -1.76. The molecular formula is C25H30N2OSi. The van der Waals surface area contributed by atoms with Crippen LogP contribution in [0, 0.1) is 0 Å². The minimum absolute atomic E-state index is 0.111. The molecule has 0 radical (unpaired) electrons. The van der Waals surface area contributed by atoms with Gasteiger partial charge in [0.25, 0.3) is 0 Å². The summed E-state index contributed by atoms with van der Waals surface area (Å²) in [6, 6.07) is 31.4. The molecule has 0 aliphatic rings. The Kier molecular flexibility index (Phi) is 7.25. The van der Waals surface area contributed by atoms with Crippen molar-refractivity contribution in [3.63, 3.8) is 0 Å². The molecule has 0 saturated heterocycles.